The van der Waals surface area contributed by atoms with Gasteiger partial charge < -0.3 is 5.32 Å². The summed E-state index contributed by atoms with van der Waals surface area (Å²) in [5, 5.41) is 2.99. The fraction of sp³-hybridized carbons (Fsp3) is 0.417. The highest BCUT2D eigenvalue weighted by atomic mass is 35.5. The molecule has 1 rings (SSSR count). The monoisotopic (exact) mass is 277 g/mol. The van der Waals surface area contributed by atoms with E-state index in [0.717, 1.165) is 6.42 Å². The van der Waals surface area contributed by atoms with E-state index in [9.17, 15) is 9.18 Å². The second-order valence-corrected chi connectivity index (χ2v) is 4.42. The van der Waals surface area contributed by atoms with Gasteiger partial charge in [0.25, 0.3) is 0 Å². The van der Waals surface area contributed by atoms with Crippen molar-refractivity contribution in [2.45, 2.75) is 25.8 Å². The van der Waals surface area contributed by atoms with E-state index >= 15 is 0 Å². The number of carbonyl (C=O) groups excluding carboxylic acids is 1. The van der Waals surface area contributed by atoms with E-state index in [2.05, 4.69) is 5.32 Å². The van der Waals surface area contributed by atoms with Crippen molar-refractivity contribution >= 4 is 29.1 Å². The summed E-state index contributed by atoms with van der Waals surface area (Å²) in [5.41, 5.74) is 0.219. The van der Waals surface area contributed by atoms with Crippen molar-refractivity contribution in [1.82, 2.24) is 5.32 Å². The number of rotatable bonds is 5. The van der Waals surface area contributed by atoms with Crippen molar-refractivity contribution in [2.24, 2.45) is 0 Å². The van der Waals surface area contributed by atoms with Crippen LogP contribution in [-0.4, -0.2) is 17.8 Å². The highest BCUT2D eigenvalue weighted by Crippen LogP contribution is 2.19. The minimum absolute atomic E-state index is 0.0705. The molecule has 0 aliphatic carbocycles. The molecule has 0 aromatic heterocycles. The van der Waals surface area contributed by atoms with Gasteiger partial charge in [0.2, 0.25) is 5.91 Å². The molecule has 1 aromatic carbocycles. The summed E-state index contributed by atoms with van der Waals surface area (Å²) in [7, 11) is 0. The van der Waals surface area contributed by atoms with E-state index < -0.39 is 5.82 Å². The maximum atomic E-state index is 13.4. The largest absolute Gasteiger partial charge is 0.352 e. The molecule has 0 aliphatic heterocycles. The normalized spacial score (nSPS) is 12.2. The summed E-state index contributed by atoms with van der Waals surface area (Å²) in [4.78, 5) is 11.7. The highest BCUT2D eigenvalue weighted by molar-refractivity contribution is 6.31. The number of benzene rings is 1. The van der Waals surface area contributed by atoms with Crippen molar-refractivity contribution in [3.63, 3.8) is 0 Å². The van der Waals surface area contributed by atoms with Crippen molar-refractivity contribution in [3.8, 4) is 0 Å². The van der Waals surface area contributed by atoms with Crippen LogP contribution in [0, 0.1) is 5.82 Å². The molecule has 1 amide bonds. The molecule has 0 saturated carbocycles. The maximum Gasteiger partial charge on any atom is 0.224 e. The van der Waals surface area contributed by atoms with Gasteiger partial charge in [-0.3, -0.25) is 4.79 Å². The molecule has 0 spiro atoms. The molecule has 0 fully saturated rings. The summed E-state index contributed by atoms with van der Waals surface area (Å²) in [5.74, 6) is -0.399. The number of hydrogen-bond acceptors (Lipinski definition) is 1. The predicted molar refractivity (Wildman–Crippen MR) is 68.1 cm³/mol. The Morgan fingerprint density at radius 2 is 2.24 bits per heavy atom. The third-order valence-electron chi connectivity index (χ3n) is 2.44. The molecule has 0 saturated heterocycles. The Bertz CT molecular complexity index is 374. The molecule has 0 heterocycles. The summed E-state index contributed by atoms with van der Waals surface area (Å²) >= 11 is 11.5. The van der Waals surface area contributed by atoms with Gasteiger partial charge in [-0.05, 0) is 18.6 Å². The third-order valence-corrected chi connectivity index (χ3v) is 3.17. The van der Waals surface area contributed by atoms with Crippen LogP contribution in [0.3, 0.4) is 0 Å². The van der Waals surface area contributed by atoms with Crippen molar-refractivity contribution in [3.05, 3.63) is 34.6 Å². The summed E-state index contributed by atoms with van der Waals surface area (Å²) in [6.07, 6.45) is 0.666. The van der Waals surface area contributed by atoms with Crippen LogP contribution in [0.5, 0.6) is 0 Å². The van der Waals surface area contributed by atoms with E-state index in [1.54, 1.807) is 6.07 Å². The first-order valence-electron chi connectivity index (χ1n) is 5.36. The van der Waals surface area contributed by atoms with Gasteiger partial charge >= 0.3 is 0 Å². The van der Waals surface area contributed by atoms with Gasteiger partial charge in [0.15, 0.2) is 0 Å². The second-order valence-electron chi connectivity index (χ2n) is 3.70. The lowest BCUT2D eigenvalue weighted by Gasteiger charge is -2.14. The Kier molecular flexibility index (Phi) is 5.72. The van der Waals surface area contributed by atoms with Gasteiger partial charge in [-0.1, -0.05) is 24.6 Å². The molecule has 0 radical (unpaired) electrons. The number of nitrogens with one attached hydrogen (secondary N) is 1. The van der Waals surface area contributed by atoms with Gasteiger partial charge in [-0.25, -0.2) is 4.39 Å². The second kappa shape index (κ2) is 6.82. The Balaban J connectivity index is 2.68. The van der Waals surface area contributed by atoms with Gasteiger partial charge in [0.05, 0.1) is 6.42 Å². The average molecular weight is 278 g/mol. The zero-order valence-corrected chi connectivity index (χ0v) is 11.0. The Morgan fingerprint density at radius 3 is 2.76 bits per heavy atom. The Labute approximate surface area is 110 Å². The zero-order chi connectivity index (χ0) is 12.8. The summed E-state index contributed by atoms with van der Waals surface area (Å²) in [6, 6.07) is 4.27. The third kappa shape index (κ3) is 4.17. The Morgan fingerprint density at radius 1 is 1.53 bits per heavy atom. The molecule has 2 nitrogen and oxygen atoms in total. The molecular weight excluding hydrogens is 264 g/mol. The fourth-order valence-corrected chi connectivity index (χ4v) is 1.92. The number of carbonyl (C=O) groups is 1. The lowest BCUT2D eigenvalue weighted by Crippen LogP contribution is -2.36. The van der Waals surface area contributed by atoms with Gasteiger partial charge in [0.1, 0.15) is 5.82 Å². The maximum absolute atomic E-state index is 13.4. The number of amides is 1. The molecule has 17 heavy (non-hydrogen) atoms. The topological polar surface area (TPSA) is 29.1 Å². The van der Waals surface area contributed by atoms with Gasteiger partial charge in [-0.2, -0.15) is 0 Å². The molecule has 5 heteroatoms. The zero-order valence-electron chi connectivity index (χ0n) is 9.47. The lowest BCUT2D eigenvalue weighted by atomic mass is 10.1. The summed E-state index contributed by atoms with van der Waals surface area (Å²) in [6.45, 7) is 1.92. The molecule has 0 aliphatic rings. The van der Waals surface area contributed by atoms with Crippen LogP contribution in [0.15, 0.2) is 18.2 Å². The molecule has 1 unspecified atom stereocenters. The number of alkyl halides is 1. The molecule has 0 bridgehead atoms. The fourth-order valence-electron chi connectivity index (χ4n) is 1.39. The standard InChI is InChI=1S/C12H14Cl2FNO/c1-2-8(7-13)16-12(17)6-9-10(14)4-3-5-11(9)15/h3-5,8H,2,6-7H2,1H3,(H,16,17). The molecule has 1 atom stereocenters. The van der Waals surface area contributed by atoms with Crippen molar-refractivity contribution in [2.75, 3.05) is 5.88 Å². The molecule has 94 valence electrons. The van der Waals surface area contributed by atoms with Crippen LogP contribution in [-0.2, 0) is 11.2 Å². The van der Waals surface area contributed by atoms with Crippen LogP contribution in [0.1, 0.15) is 18.9 Å². The van der Waals surface area contributed by atoms with Crippen LogP contribution in [0.4, 0.5) is 4.39 Å². The Hall–Kier alpha value is -0.800. The van der Waals surface area contributed by atoms with Gasteiger partial charge in [-0.15, -0.1) is 11.6 Å². The highest BCUT2D eigenvalue weighted by Gasteiger charge is 2.14. The predicted octanol–water partition coefficient (Wildman–Crippen LogP) is 3.16. The van der Waals surface area contributed by atoms with Crippen LogP contribution in [0.2, 0.25) is 5.02 Å². The summed E-state index contributed by atoms with van der Waals surface area (Å²) < 4.78 is 13.4. The lowest BCUT2D eigenvalue weighted by molar-refractivity contribution is -0.121. The van der Waals surface area contributed by atoms with E-state index in [1.165, 1.54) is 12.1 Å². The first-order chi connectivity index (χ1) is 8.08. The van der Waals surface area contributed by atoms with Crippen LogP contribution >= 0.6 is 23.2 Å². The average Bonchev–Trinajstić information content (AvgIpc) is 2.31. The van der Waals surface area contributed by atoms with E-state index in [-0.39, 0.29) is 29.0 Å². The van der Waals surface area contributed by atoms with E-state index in [1.807, 2.05) is 6.92 Å². The van der Waals surface area contributed by atoms with Crippen molar-refractivity contribution < 1.29 is 9.18 Å². The first-order valence-corrected chi connectivity index (χ1v) is 6.28. The minimum Gasteiger partial charge on any atom is -0.352 e. The van der Waals surface area contributed by atoms with Crippen molar-refractivity contribution in [1.29, 1.82) is 0 Å². The molecule has 1 N–H and O–H groups in total. The quantitative estimate of drug-likeness (QED) is 0.824. The number of halogens is 3. The smallest absolute Gasteiger partial charge is 0.224 e. The molecule has 1 aromatic rings. The molecular formula is C12H14Cl2FNO. The van der Waals surface area contributed by atoms with E-state index in [4.69, 9.17) is 23.2 Å². The van der Waals surface area contributed by atoms with Crippen LogP contribution in [0.25, 0.3) is 0 Å². The number of hydrogen-bond donors (Lipinski definition) is 1. The first kappa shape index (κ1) is 14.3. The van der Waals surface area contributed by atoms with Gasteiger partial charge in [0, 0.05) is 22.5 Å². The SMILES string of the molecule is CCC(CCl)NC(=O)Cc1c(F)cccc1Cl. The van der Waals surface area contributed by atoms with E-state index in [0.29, 0.717) is 5.88 Å². The minimum atomic E-state index is -0.466. The van der Waals surface area contributed by atoms with Crippen LogP contribution < -0.4 is 5.32 Å².